The van der Waals surface area contributed by atoms with E-state index in [1.807, 2.05) is 27.7 Å². The first-order valence-corrected chi connectivity index (χ1v) is 13.3. The minimum Gasteiger partial charge on any atom is -0.395 e. The zero-order valence-electron chi connectivity index (χ0n) is 22.1. The van der Waals surface area contributed by atoms with Crippen LogP contribution in [0.25, 0.3) is 0 Å². The van der Waals surface area contributed by atoms with Gasteiger partial charge in [0.1, 0.15) is 0 Å². The van der Waals surface area contributed by atoms with Gasteiger partial charge in [-0.25, -0.2) is 0 Å². The van der Waals surface area contributed by atoms with E-state index in [1.165, 1.54) is 71.4 Å². The minimum atomic E-state index is 0.301. The van der Waals surface area contributed by atoms with Crippen LogP contribution in [-0.4, -0.2) is 122 Å². The van der Waals surface area contributed by atoms with Crippen molar-refractivity contribution in [1.29, 1.82) is 0 Å². The van der Waals surface area contributed by atoms with Crippen molar-refractivity contribution in [3.63, 3.8) is 0 Å². The first kappa shape index (κ1) is 32.9. The van der Waals surface area contributed by atoms with Gasteiger partial charge in [-0.05, 0) is 25.9 Å². The van der Waals surface area contributed by atoms with Gasteiger partial charge in [0.05, 0.1) is 13.2 Å². The Morgan fingerprint density at radius 1 is 0.452 bits per heavy atom. The molecule has 6 heteroatoms. The summed E-state index contributed by atoms with van der Waals surface area (Å²) in [7, 11) is 0. The number of unbranched alkanes of at least 4 members (excludes halogenated alkanes) is 3. The molecule has 0 aromatic heterocycles. The SMILES string of the molecule is CC.CC.CCCCCN1CCN(CCO)CC1.CCCCN1CCN(CCO)CC1. The van der Waals surface area contributed by atoms with Gasteiger partial charge in [-0.3, -0.25) is 9.80 Å². The molecule has 0 atom stereocenters. The normalized spacial score (nSPS) is 18.2. The maximum atomic E-state index is 8.80. The Morgan fingerprint density at radius 2 is 0.742 bits per heavy atom. The van der Waals surface area contributed by atoms with Crippen molar-refractivity contribution < 1.29 is 10.2 Å². The highest BCUT2D eigenvalue weighted by atomic mass is 16.3. The van der Waals surface area contributed by atoms with Crippen LogP contribution in [0, 0.1) is 0 Å². The predicted molar refractivity (Wildman–Crippen MR) is 137 cm³/mol. The molecule has 190 valence electrons. The number of piperazine rings is 2. The van der Waals surface area contributed by atoms with Gasteiger partial charge < -0.3 is 20.0 Å². The molecule has 2 saturated heterocycles. The average Bonchev–Trinajstić information content (AvgIpc) is 2.83. The van der Waals surface area contributed by atoms with Crippen molar-refractivity contribution in [2.45, 2.75) is 73.6 Å². The van der Waals surface area contributed by atoms with E-state index in [0.29, 0.717) is 13.2 Å². The van der Waals surface area contributed by atoms with Gasteiger partial charge in [0, 0.05) is 65.4 Å². The third kappa shape index (κ3) is 19.0. The van der Waals surface area contributed by atoms with Crippen LogP contribution in [0.4, 0.5) is 0 Å². The molecule has 2 fully saturated rings. The van der Waals surface area contributed by atoms with E-state index < -0.39 is 0 Å². The van der Waals surface area contributed by atoms with Crippen LogP contribution in [0.3, 0.4) is 0 Å². The van der Waals surface area contributed by atoms with Crippen LogP contribution < -0.4 is 0 Å². The first-order valence-electron chi connectivity index (χ1n) is 13.3. The predicted octanol–water partition coefficient (Wildman–Crippen LogP) is 3.24. The molecule has 0 aliphatic carbocycles. The van der Waals surface area contributed by atoms with E-state index in [2.05, 4.69) is 33.4 Å². The highest BCUT2D eigenvalue weighted by molar-refractivity contribution is 4.72. The Kier molecular flexibility index (Phi) is 27.6. The fourth-order valence-electron chi connectivity index (χ4n) is 3.72. The molecular weight excluding hydrogens is 388 g/mol. The molecule has 31 heavy (non-hydrogen) atoms. The summed E-state index contributed by atoms with van der Waals surface area (Å²) in [5, 5.41) is 17.6. The maximum absolute atomic E-state index is 8.80. The van der Waals surface area contributed by atoms with Gasteiger partial charge in [0.25, 0.3) is 0 Å². The van der Waals surface area contributed by atoms with Crippen molar-refractivity contribution in [3.8, 4) is 0 Å². The number of aliphatic hydroxyl groups excluding tert-OH is 2. The molecule has 0 amide bonds. The Labute approximate surface area is 195 Å². The average molecular weight is 447 g/mol. The largest absolute Gasteiger partial charge is 0.395 e. The minimum absolute atomic E-state index is 0.301. The molecule has 0 aromatic rings. The molecular formula is C25H58N4O2. The van der Waals surface area contributed by atoms with Crippen molar-refractivity contribution in [2.75, 3.05) is 91.8 Å². The number of nitrogens with zero attached hydrogens (tertiary/aromatic N) is 4. The Morgan fingerprint density at radius 3 is 1.03 bits per heavy atom. The van der Waals surface area contributed by atoms with Crippen LogP contribution >= 0.6 is 0 Å². The van der Waals surface area contributed by atoms with Crippen LogP contribution in [0.5, 0.6) is 0 Å². The number of β-amino-alcohol motifs (C(OH)–C–C–N with tert-alkyl or cyclic N) is 2. The summed E-state index contributed by atoms with van der Waals surface area (Å²) in [6.45, 7) is 26.6. The van der Waals surface area contributed by atoms with Gasteiger partial charge in [-0.2, -0.15) is 0 Å². The molecule has 0 bridgehead atoms. The Hall–Kier alpha value is -0.240. The lowest BCUT2D eigenvalue weighted by molar-refractivity contribution is 0.111. The molecule has 2 aliphatic rings. The van der Waals surface area contributed by atoms with Gasteiger partial charge in [0.15, 0.2) is 0 Å². The van der Waals surface area contributed by atoms with E-state index in [0.717, 1.165) is 39.3 Å². The quantitative estimate of drug-likeness (QED) is 0.475. The summed E-state index contributed by atoms with van der Waals surface area (Å²) in [6.07, 6.45) is 6.62. The molecule has 2 heterocycles. The van der Waals surface area contributed by atoms with Gasteiger partial charge in [-0.15, -0.1) is 0 Å². The molecule has 0 aromatic carbocycles. The summed E-state index contributed by atoms with van der Waals surface area (Å²) in [4.78, 5) is 9.75. The highest BCUT2D eigenvalue weighted by Crippen LogP contribution is 2.04. The second-order valence-corrected chi connectivity index (χ2v) is 7.87. The van der Waals surface area contributed by atoms with Crippen molar-refractivity contribution in [1.82, 2.24) is 19.6 Å². The van der Waals surface area contributed by atoms with Crippen LogP contribution in [0.2, 0.25) is 0 Å². The van der Waals surface area contributed by atoms with E-state index >= 15 is 0 Å². The standard InChI is InChI=1S/C11H24N2O.C10H22N2O.2C2H6/c1-2-3-4-5-12-6-8-13(9-7-12)10-11-14;1-2-3-4-11-5-7-12(8-6-11)9-10-13;2*1-2/h14H,2-11H2,1H3;13H,2-10H2,1H3;2*1-2H3. The van der Waals surface area contributed by atoms with Crippen molar-refractivity contribution in [2.24, 2.45) is 0 Å². The number of rotatable bonds is 11. The molecule has 0 saturated carbocycles. The summed E-state index contributed by atoms with van der Waals surface area (Å²) in [6, 6.07) is 0. The number of hydrogen-bond acceptors (Lipinski definition) is 6. The second-order valence-electron chi connectivity index (χ2n) is 7.87. The number of hydrogen-bond donors (Lipinski definition) is 2. The van der Waals surface area contributed by atoms with Crippen LogP contribution in [0.1, 0.15) is 73.6 Å². The van der Waals surface area contributed by atoms with Gasteiger partial charge in [0.2, 0.25) is 0 Å². The zero-order valence-corrected chi connectivity index (χ0v) is 22.1. The first-order chi connectivity index (χ1) is 15.2. The second kappa shape index (κ2) is 26.0. The van der Waals surface area contributed by atoms with Crippen LogP contribution in [-0.2, 0) is 0 Å². The molecule has 6 nitrogen and oxygen atoms in total. The molecule has 0 unspecified atom stereocenters. The summed E-state index contributed by atoms with van der Waals surface area (Å²) < 4.78 is 0. The third-order valence-electron chi connectivity index (χ3n) is 5.67. The van der Waals surface area contributed by atoms with Crippen molar-refractivity contribution >= 4 is 0 Å². The molecule has 2 rings (SSSR count). The van der Waals surface area contributed by atoms with Crippen molar-refractivity contribution in [3.05, 3.63) is 0 Å². The van der Waals surface area contributed by atoms with E-state index in [4.69, 9.17) is 10.2 Å². The lowest BCUT2D eigenvalue weighted by Gasteiger charge is -2.34. The summed E-state index contributed by atoms with van der Waals surface area (Å²) in [5.41, 5.74) is 0. The fraction of sp³-hybridized carbons (Fsp3) is 1.00. The van der Waals surface area contributed by atoms with Crippen LogP contribution in [0.15, 0.2) is 0 Å². The fourth-order valence-corrected chi connectivity index (χ4v) is 3.72. The lowest BCUT2D eigenvalue weighted by atomic mass is 10.2. The molecule has 0 spiro atoms. The number of aliphatic hydroxyl groups is 2. The smallest absolute Gasteiger partial charge is 0.0558 e. The van der Waals surface area contributed by atoms with Gasteiger partial charge in [-0.1, -0.05) is 60.8 Å². The summed E-state index contributed by atoms with van der Waals surface area (Å²) >= 11 is 0. The maximum Gasteiger partial charge on any atom is 0.0558 e. The van der Waals surface area contributed by atoms with E-state index in [-0.39, 0.29) is 0 Å². The third-order valence-corrected chi connectivity index (χ3v) is 5.67. The zero-order chi connectivity index (χ0) is 23.7. The molecule has 0 radical (unpaired) electrons. The molecule has 2 aliphatic heterocycles. The van der Waals surface area contributed by atoms with Gasteiger partial charge >= 0.3 is 0 Å². The Balaban J connectivity index is 0. The molecule has 2 N–H and O–H groups in total. The Bertz CT molecular complexity index is 319. The lowest BCUT2D eigenvalue weighted by Crippen LogP contribution is -2.47. The monoisotopic (exact) mass is 446 g/mol. The highest BCUT2D eigenvalue weighted by Gasteiger charge is 2.16. The summed E-state index contributed by atoms with van der Waals surface area (Å²) in [5.74, 6) is 0. The topological polar surface area (TPSA) is 53.4 Å². The van der Waals surface area contributed by atoms with E-state index in [1.54, 1.807) is 0 Å². The van der Waals surface area contributed by atoms with E-state index in [9.17, 15) is 0 Å².